The molecular weight excluding hydrogens is 500 g/mol. The van der Waals surface area contributed by atoms with E-state index in [2.05, 4.69) is 16.2 Å². The molecule has 3 N–H and O–H groups in total. The van der Waals surface area contributed by atoms with Crippen molar-refractivity contribution in [2.75, 3.05) is 12.0 Å². The van der Waals surface area contributed by atoms with Crippen LogP contribution in [0.2, 0.25) is 0 Å². The van der Waals surface area contributed by atoms with Crippen molar-refractivity contribution in [3.8, 4) is 11.1 Å². The number of esters is 1. The zero-order chi connectivity index (χ0) is 28.6. The van der Waals surface area contributed by atoms with Crippen molar-refractivity contribution >= 4 is 23.8 Å². The standard InChI is InChI=1S/C29H34N4O6/c1-19(2)38-23(34)16-30-27(36)24-25(35)22(21-14-10-7-11-15-21)18-33(17-20-12-8-6-9-13-20)26(24)31-32-28(37)39-29(3,4)5/h6-15,18-19,31H,16-17H2,1-5H3,(H,30,36)(H,32,37). The number of nitrogens with one attached hydrogen (secondary N) is 3. The fraction of sp³-hybridized carbons (Fsp3) is 0.310. The number of aromatic nitrogens is 1. The maximum absolute atomic E-state index is 13.8. The molecule has 0 saturated heterocycles. The highest BCUT2D eigenvalue weighted by atomic mass is 16.6. The number of anilines is 1. The van der Waals surface area contributed by atoms with Crippen molar-refractivity contribution in [3.63, 3.8) is 0 Å². The SMILES string of the molecule is CC(C)OC(=O)CNC(=O)c1c(NNC(=O)OC(C)(C)C)n(Cc2ccccc2)cc(-c2ccccc2)c1=O. The fourth-order valence-electron chi connectivity index (χ4n) is 3.70. The van der Waals surface area contributed by atoms with Crippen LogP contribution in [0.1, 0.15) is 50.5 Å². The molecule has 0 radical (unpaired) electrons. The molecule has 3 aromatic rings. The third-order valence-corrected chi connectivity index (χ3v) is 5.23. The van der Waals surface area contributed by atoms with E-state index in [1.807, 2.05) is 36.4 Å². The number of hydrogen-bond donors (Lipinski definition) is 3. The van der Waals surface area contributed by atoms with Gasteiger partial charge in [0, 0.05) is 18.3 Å². The monoisotopic (exact) mass is 534 g/mol. The van der Waals surface area contributed by atoms with Gasteiger partial charge < -0.3 is 19.4 Å². The van der Waals surface area contributed by atoms with Gasteiger partial charge in [-0.05, 0) is 45.7 Å². The predicted molar refractivity (Wildman–Crippen MR) is 148 cm³/mol. The second-order valence-electron chi connectivity index (χ2n) is 10.0. The zero-order valence-corrected chi connectivity index (χ0v) is 22.7. The van der Waals surface area contributed by atoms with Crippen molar-refractivity contribution in [2.24, 2.45) is 0 Å². The molecular formula is C29H34N4O6. The summed E-state index contributed by atoms with van der Waals surface area (Å²) < 4.78 is 12.0. The Morgan fingerprint density at radius 3 is 2.15 bits per heavy atom. The quantitative estimate of drug-likeness (QED) is 0.279. The normalized spacial score (nSPS) is 11.0. The molecule has 1 heterocycles. The first-order valence-corrected chi connectivity index (χ1v) is 12.5. The number of carbonyl (C=O) groups is 3. The Labute approximate surface area is 227 Å². The first-order valence-electron chi connectivity index (χ1n) is 12.5. The van der Waals surface area contributed by atoms with Gasteiger partial charge in [0.2, 0.25) is 5.43 Å². The summed E-state index contributed by atoms with van der Waals surface area (Å²) in [7, 11) is 0. The van der Waals surface area contributed by atoms with Gasteiger partial charge in [-0.2, -0.15) is 0 Å². The third kappa shape index (κ3) is 8.46. The van der Waals surface area contributed by atoms with E-state index >= 15 is 0 Å². The first kappa shape index (κ1) is 29.0. The Kier molecular flexibility index (Phi) is 9.48. The van der Waals surface area contributed by atoms with Crippen molar-refractivity contribution < 1.29 is 23.9 Å². The summed E-state index contributed by atoms with van der Waals surface area (Å²) in [6, 6.07) is 18.3. The molecule has 10 nitrogen and oxygen atoms in total. The number of nitrogens with zero attached hydrogens (tertiary/aromatic N) is 1. The topological polar surface area (TPSA) is 128 Å². The third-order valence-electron chi connectivity index (χ3n) is 5.23. The number of carbonyl (C=O) groups excluding carboxylic acids is 3. The number of benzene rings is 2. The fourth-order valence-corrected chi connectivity index (χ4v) is 3.70. The van der Waals surface area contributed by atoms with Gasteiger partial charge in [0.05, 0.1) is 6.10 Å². The highest BCUT2D eigenvalue weighted by molar-refractivity contribution is 6.01. The lowest BCUT2D eigenvalue weighted by Crippen LogP contribution is -2.40. The van der Waals surface area contributed by atoms with E-state index in [0.29, 0.717) is 5.56 Å². The molecule has 0 aliphatic heterocycles. The lowest BCUT2D eigenvalue weighted by molar-refractivity contribution is -0.146. The molecule has 39 heavy (non-hydrogen) atoms. The van der Waals surface area contributed by atoms with E-state index in [4.69, 9.17) is 9.47 Å². The Morgan fingerprint density at radius 1 is 0.949 bits per heavy atom. The van der Waals surface area contributed by atoms with Crippen LogP contribution < -0.4 is 21.6 Å². The Balaban J connectivity index is 2.12. The number of pyridine rings is 1. The van der Waals surface area contributed by atoms with Crippen LogP contribution in [0.25, 0.3) is 11.1 Å². The van der Waals surface area contributed by atoms with Crippen molar-refractivity contribution in [1.29, 1.82) is 0 Å². The summed E-state index contributed by atoms with van der Waals surface area (Å²) in [5.41, 5.74) is 5.21. The molecule has 0 spiro atoms. The minimum absolute atomic E-state index is 0.0177. The molecule has 0 saturated carbocycles. The van der Waals surface area contributed by atoms with Crippen LogP contribution in [0.5, 0.6) is 0 Å². The van der Waals surface area contributed by atoms with Crippen LogP contribution in [0.4, 0.5) is 10.6 Å². The van der Waals surface area contributed by atoms with Crippen LogP contribution in [-0.2, 0) is 20.8 Å². The van der Waals surface area contributed by atoms with Gasteiger partial charge in [0.1, 0.15) is 23.5 Å². The molecule has 0 aliphatic rings. The summed E-state index contributed by atoms with van der Waals surface area (Å²) in [6.07, 6.45) is 0.447. The van der Waals surface area contributed by atoms with Gasteiger partial charge in [0.25, 0.3) is 5.91 Å². The lowest BCUT2D eigenvalue weighted by Gasteiger charge is -2.23. The molecule has 10 heteroatoms. The largest absolute Gasteiger partial charge is 0.462 e. The van der Waals surface area contributed by atoms with Crippen LogP contribution >= 0.6 is 0 Å². The molecule has 3 rings (SSSR count). The average Bonchev–Trinajstić information content (AvgIpc) is 2.87. The van der Waals surface area contributed by atoms with E-state index in [0.717, 1.165) is 5.56 Å². The number of hydrazine groups is 1. The smallest absolute Gasteiger partial charge is 0.426 e. The second-order valence-corrected chi connectivity index (χ2v) is 10.0. The molecule has 0 aliphatic carbocycles. The molecule has 2 aromatic carbocycles. The molecule has 0 atom stereocenters. The Morgan fingerprint density at radius 2 is 1.56 bits per heavy atom. The molecule has 1 aromatic heterocycles. The van der Waals surface area contributed by atoms with E-state index in [-0.39, 0.29) is 29.6 Å². The minimum Gasteiger partial charge on any atom is -0.462 e. The molecule has 0 unspecified atom stereocenters. The van der Waals surface area contributed by atoms with Crippen molar-refractivity contribution in [1.82, 2.24) is 15.3 Å². The average molecular weight is 535 g/mol. The Hall–Kier alpha value is -4.60. The summed E-state index contributed by atoms with van der Waals surface area (Å²) >= 11 is 0. The van der Waals surface area contributed by atoms with Gasteiger partial charge >= 0.3 is 12.1 Å². The number of ether oxygens (including phenoxy) is 2. The predicted octanol–water partition coefficient (Wildman–Crippen LogP) is 4.10. The zero-order valence-electron chi connectivity index (χ0n) is 22.7. The maximum atomic E-state index is 13.8. The van der Waals surface area contributed by atoms with Crippen LogP contribution in [0, 0.1) is 0 Å². The molecule has 0 bridgehead atoms. The van der Waals surface area contributed by atoms with Crippen LogP contribution in [0.3, 0.4) is 0 Å². The van der Waals surface area contributed by atoms with Gasteiger partial charge in [-0.3, -0.25) is 19.8 Å². The van der Waals surface area contributed by atoms with E-state index in [9.17, 15) is 19.2 Å². The van der Waals surface area contributed by atoms with Crippen molar-refractivity contribution in [2.45, 2.75) is 52.9 Å². The van der Waals surface area contributed by atoms with E-state index < -0.39 is 35.5 Å². The second kappa shape index (κ2) is 12.8. The Bertz CT molecular complexity index is 1360. The van der Waals surface area contributed by atoms with Crippen molar-refractivity contribution in [3.05, 3.63) is 88.2 Å². The maximum Gasteiger partial charge on any atom is 0.426 e. The highest BCUT2D eigenvalue weighted by Gasteiger charge is 2.25. The van der Waals surface area contributed by atoms with Crippen LogP contribution in [-0.4, -0.2) is 40.8 Å². The first-order chi connectivity index (χ1) is 18.4. The van der Waals surface area contributed by atoms with Gasteiger partial charge in [-0.1, -0.05) is 60.7 Å². The number of rotatable bonds is 9. The molecule has 0 fully saturated rings. The van der Waals surface area contributed by atoms with E-state index in [1.165, 1.54) is 0 Å². The summed E-state index contributed by atoms with van der Waals surface area (Å²) in [6.45, 7) is 8.33. The van der Waals surface area contributed by atoms with Gasteiger partial charge in [-0.15, -0.1) is 0 Å². The summed E-state index contributed by atoms with van der Waals surface area (Å²) in [5, 5.41) is 2.47. The highest BCUT2D eigenvalue weighted by Crippen LogP contribution is 2.22. The van der Waals surface area contributed by atoms with Gasteiger partial charge in [-0.25, -0.2) is 10.2 Å². The summed E-state index contributed by atoms with van der Waals surface area (Å²) in [5.74, 6) is -1.44. The summed E-state index contributed by atoms with van der Waals surface area (Å²) in [4.78, 5) is 51.7. The number of hydrogen-bond acceptors (Lipinski definition) is 7. The minimum atomic E-state index is -0.811. The van der Waals surface area contributed by atoms with E-state index in [1.54, 1.807) is 69.6 Å². The molecule has 2 amide bonds. The van der Waals surface area contributed by atoms with Gasteiger partial charge in [0.15, 0.2) is 0 Å². The molecule has 206 valence electrons. The van der Waals surface area contributed by atoms with Crippen LogP contribution in [0.15, 0.2) is 71.7 Å². The lowest BCUT2D eigenvalue weighted by atomic mass is 10.0. The number of amides is 2.